The van der Waals surface area contributed by atoms with Crippen molar-refractivity contribution in [1.82, 2.24) is 5.32 Å². The van der Waals surface area contributed by atoms with Crippen LogP contribution in [0.3, 0.4) is 0 Å². The first-order valence-corrected chi connectivity index (χ1v) is 14.8. The van der Waals surface area contributed by atoms with E-state index in [9.17, 15) is 13.2 Å². The monoisotopic (exact) mass is 560 g/mol. The maximum Gasteiger partial charge on any atom is 0.264 e. The number of rotatable bonds is 10. The fourth-order valence-corrected chi connectivity index (χ4v) is 6.04. The molecule has 0 aromatic heterocycles. The van der Waals surface area contributed by atoms with Crippen LogP contribution in [0.5, 0.6) is 0 Å². The zero-order valence-corrected chi connectivity index (χ0v) is 23.9. The molecule has 0 unspecified atom stereocenters. The lowest BCUT2D eigenvalue weighted by Gasteiger charge is -2.28. The van der Waals surface area contributed by atoms with Gasteiger partial charge in [-0.1, -0.05) is 97.7 Å². The molecule has 0 saturated heterocycles. The molecule has 0 heterocycles. The van der Waals surface area contributed by atoms with Crippen LogP contribution in [0.15, 0.2) is 108 Å². The molecule has 5 nitrogen and oxygen atoms in total. The largest absolute Gasteiger partial charge is 0.345 e. The van der Waals surface area contributed by atoms with Crippen molar-refractivity contribution in [2.75, 3.05) is 4.31 Å². The number of hydrogen-bond acceptors (Lipinski definition) is 3. The number of carbonyl (C=O) groups is 1. The number of sulfonamides is 1. The zero-order valence-electron chi connectivity index (χ0n) is 22.3. The number of amides is 1. The van der Waals surface area contributed by atoms with E-state index in [2.05, 4.69) is 19.2 Å². The molecule has 4 aromatic carbocycles. The van der Waals surface area contributed by atoms with E-state index in [4.69, 9.17) is 11.6 Å². The minimum atomic E-state index is -4.01. The molecular weight excluding hydrogens is 528 g/mol. The molecule has 0 aliphatic carbocycles. The van der Waals surface area contributed by atoms with E-state index >= 15 is 0 Å². The molecule has 202 valence electrons. The molecule has 0 spiro atoms. The Labute approximate surface area is 236 Å². The summed E-state index contributed by atoms with van der Waals surface area (Å²) in [6.07, 6.45) is 0.744. The van der Waals surface area contributed by atoms with Gasteiger partial charge in [-0.2, -0.15) is 0 Å². The number of anilines is 1. The Morgan fingerprint density at radius 1 is 0.846 bits per heavy atom. The van der Waals surface area contributed by atoms with Gasteiger partial charge in [-0.05, 0) is 66.8 Å². The van der Waals surface area contributed by atoms with Crippen molar-refractivity contribution in [1.29, 1.82) is 0 Å². The molecule has 0 aliphatic heterocycles. The van der Waals surface area contributed by atoms with Crippen molar-refractivity contribution in [3.63, 3.8) is 0 Å². The molecule has 4 aromatic rings. The Morgan fingerprint density at radius 3 is 2.10 bits per heavy atom. The first-order chi connectivity index (χ1) is 18.6. The molecule has 1 atom stereocenters. The highest BCUT2D eigenvalue weighted by molar-refractivity contribution is 7.92. The van der Waals surface area contributed by atoms with Gasteiger partial charge >= 0.3 is 0 Å². The third-order valence-corrected chi connectivity index (χ3v) is 8.51. The second-order valence-corrected chi connectivity index (χ2v) is 12.3. The number of hydrogen-bond donors (Lipinski definition) is 1. The third kappa shape index (κ3) is 7.08. The molecule has 0 bridgehead atoms. The summed E-state index contributed by atoms with van der Waals surface area (Å²) in [4.78, 5) is 13.9. The van der Waals surface area contributed by atoms with Crippen LogP contribution < -0.4 is 9.62 Å². The van der Waals surface area contributed by atoms with Crippen molar-refractivity contribution >= 4 is 33.2 Å². The summed E-state index contributed by atoms with van der Waals surface area (Å²) in [6.45, 7) is 6.16. The summed E-state index contributed by atoms with van der Waals surface area (Å²) < 4.78 is 29.4. The van der Waals surface area contributed by atoms with Crippen LogP contribution in [0.25, 0.3) is 0 Å². The summed E-state index contributed by atoms with van der Waals surface area (Å²) in [6, 6.07) is 30.2. The van der Waals surface area contributed by atoms with E-state index in [1.807, 2.05) is 37.3 Å². The van der Waals surface area contributed by atoms with Gasteiger partial charge in [0.05, 0.1) is 28.7 Å². The highest BCUT2D eigenvalue weighted by Crippen LogP contribution is 2.31. The number of nitrogens with zero attached hydrogens (tertiary/aromatic N) is 1. The molecule has 0 fully saturated rings. The van der Waals surface area contributed by atoms with Gasteiger partial charge in [0.25, 0.3) is 15.9 Å². The van der Waals surface area contributed by atoms with Gasteiger partial charge in [-0.25, -0.2) is 8.42 Å². The van der Waals surface area contributed by atoms with Crippen LogP contribution in [0.2, 0.25) is 5.02 Å². The Morgan fingerprint density at radius 2 is 1.46 bits per heavy atom. The maximum absolute atomic E-state index is 14.0. The van der Waals surface area contributed by atoms with Crippen LogP contribution in [-0.2, 0) is 16.6 Å². The highest BCUT2D eigenvalue weighted by Gasteiger charge is 2.29. The Bertz CT molecular complexity index is 1500. The van der Waals surface area contributed by atoms with E-state index in [1.165, 1.54) is 4.31 Å². The molecule has 0 saturated carbocycles. The number of halogens is 1. The normalized spacial score (nSPS) is 12.2. The number of nitrogens with one attached hydrogen (secondary N) is 1. The first-order valence-electron chi connectivity index (χ1n) is 12.9. The van der Waals surface area contributed by atoms with Crippen LogP contribution >= 0.6 is 11.6 Å². The average molecular weight is 561 g/mol. The van der Waals surface area contributed by atoms with Gasteiger partial charge in [0.15, 0.2) is 0 Å². The van der Waals surface area contributed by atoms with Crippen LogP contribution in [0.1, 0.15) is 53.4 Å². The maximum atomic E-state index is 14.0. The van der Waals surface area contributed by atoms with Gasteiger partial charge in [-0.3, -0.25) is 9.10 Å². The molecule has 4 rings (SSSR count). The summed E-state index contributed by atoms with van der Waals surface area (Å²) >= 11 is 6.08. The summed E-state index contributed by atoms with van der Waals surface area (Å²) in [5.41, 5.74) is 3.29. The lowest BCUT2D eigenvalue weighted by molar-refractivity contribution is 0.0932. The van der Waals surface area contributed by atoms with Crippen LogP contribution in [0, 0.1) is 12.8 Å². The molecule has 39 heavy (non-hydrogen) atoms. The van der Waals surface area contributed by atoms with Crippen LogP contribution in [0.4, 0.5) is 5.69 Å². The molecule has 7 heteroatoms. The molecule has 0 aliphatic rings. The third-order valence-electron chi connectivity index (χ3n) is 6.48. The Kier molecular flexibility index (Phi) is 9.10. The predicted molar refractivity (Wildman–Crippen MR) is 159 cm³/mol. The van der Waals surface area contributed by atoms with Crippen molar-refractivity contribution in [2.24, 2.45) is 5.92 Å². The number of para-hydroxylation sites is 1. The lowest BCUT2D eigenvalue weighted by atomic mass is 9.96. The van der Waals surface area contributed by atoms with Crippen molar-refractivity contribution in [2.45, 2.75) is 44.7 Å². The molecule has 0 radical (unpaired) electrons. The van der Waals surface area contributed by atoms with Gasteiger partial charge in [-0.15, -0.1) is 0 Å². The van der Waals surface area contributed by atoms with Gasteiger partial charge < -0.3 is 5.32 Å². The summed E-state index contributed by atoms with van der Waals surface area (Å²) in [5.74, 6) is 0.00869. The van der Waals surface area contributed by atoms with Crippen LogP contribution in [-0.4, -0.2) is 14.3 Å². The minimum Gasteiger partial charge on any atom is -0.345 e. The lowest BCUT2D eigenvalue weighted by Crippen LogP contribution is -2.35. The quantitative estimate of drug-likeness (QED) is 0.217. The predicted octanol–water partition coefficient (Wildman–Crippen LogP) is 7.56. The molecule has 1 amide bonds. The van der Waals surface area contributed by atoms with Gasteiger partial charge in [0.1, 0.15) is 0 Å². The van der Waals surface area contributed by atoms with Crippen molar-refractivity contribution in [3.05, 3.63) is 130 Å². The zero-order chi connectivity index (χ0) is 28.0. The second kappa shape index (κ2) is 12.5. The van der Waals surface area contributed by atoms with E-state index < -0.39 is 10.0 Å². The number of carbonyl (C=O) groups excluding carboxylic acids is 1. The molecular formula is C32H33ClN2O3S. The standard InChI is InChI=1S/C32H33ClN2O3S/c1-23(2)21-30(26-9-5-4-6-10-26)34-32(36)29-11-7-8-12-31(29)35(22-25-15-17-27(33)18-16-25)39(37,38)28-19-13-24(3)14-20-28/h4-20,23,30H,21-22H2,1-3H3,(H,34,36)/t30-/m0/s1. The van der Waals surface area contributed by atoms with E-state index in [1.54, 1.807) is 72.8 Å². The first kappa shape index (κ1) is 28.4. The van der Waals surface area contributed by atoms with Gasteiger partial charge in [0, 0.05) is 5.02 Å². The smallest absolute Gasteiger partial charge is 0.264 e. The Balaban J connectivity index is 1.77. The minimum absolute atomic E-state index is 0.0335. The second-order valence-electron chi connectivity index (χ2n) is 10.0. The SMILES string of the molecule is Cc1ccc(S(=O)(=O)N(Cc2ccc(Cl)cc2)c2ccccc2C(=O)N[C@@H](CC(C)C)c2ccccc2)cc1. The van der Waals surface area contributed by atoms with Crippen molar-refractivity contribution in [3.8, 4) is 0 Å². The average Bonchev–Trinajstić information content (AvgIpc) is 2.92. The van der Waals surface area contributed by atoms with E-state index in [0.29, 0.717) is 16.6 Å². The van der Waals surface area contributed by atoms with Crippen molar-refractivity contribution < 1.29 is 13.2 Å². The van der Waals surface area contributed by atoms with E-state index in [-0.39, 0.29) is 29.0 Å². The summed E-state index contributed by atoms with van der Waals surface area (Å²) in [7, 11) is -4.01. The highest BCUT2D eigenvalue weighted by atomic mass is 35.5. The molecule has 1 N–H and O–H groups in total. The van der Waals surface area contributed by atoms with E-state index in [0.717, 1.165) is 23.1 Å². The van der Waals surface area contributed by atoms with Gasteiger partial charge in [0.2, 0.25) is 0 Å². The fourth-order valence-electron chi connectivity index (χ4n) is 4.45. The Hall–Kier alpha value is -3.61. The fraction of sp³-hybridized carbons (Fsp3) is 0.219. The summed E-state index contributed by atoms with van der Waals surface area (Å²) in [5, 5.41) is 3.73. The number of aryl methyl sites for hydroxylation is 1. The topological polar surface area (TPSA) is 66.5 Å². The number of benzene rings is 4.